The average Bonchev–Trinajstić information content (AvgIpc) is 2.76. The van der Waals surface area contributed by atoms with E-state index >= 15 is 0 Å². The molecule has 74 valence electrons. The summed E-state index contributed by atoms with van der Waals surface area (Å²) in [5, 5.41) is 8.05. The van der Waals surface area contributed by atoms with Crippen molar-refractivity contribution in [1.82, 2.24) is 14.9 Å². The Morgan fingerprint density at radius 3 is 3.07 bits per heavy atom. The monoisotopic (exact) mass is 210 g/mol. The van der Waals surface area contributed by atoms with Gasteiger partial charge in [0.1, 0.15) is 11.5 Å². The molecule has 14 heavy (non-hydrogen) atoms. The highest BCUT2D eigenvalue weighted by Crippen LogP contribution is 2.07. The first-order valence-electron chi connectivity index (χ1n) is 4.13. The largest absolute Gasteiger partial charge is 0.361 e. The van der Waals surface area contributed by atoms with Gasteiger partial charge in [-0.3, -0.25) is 4.68 Å². The van der Waals surface area contributed by atoms with Gasteiger partial charge >= 0.3 is 0 Å². The van der Waals surface area contributed by atoms with Crippen LogP contribution < -0.4 is 4.72 Å². The molecule has 0 fully saturated rings. The highest BCUT2D eigenvalue weighted by molar-refractivity contribution is 7.81. The molecule has 0 unspecified atom stereocenters. The van der Waals surface area contributed by atoms with E-state index < -0.39 is 0 Å². The molecule has 0 aliphatic rings. The van der Waals surface area contributed by atoms with Crippen molar-refractivity contribution in [3.63, 3.8) is 0 Å². The standard InChI is InChI=1S/C8H10N4OS/c1-6-4-7(10-13-6)5-12-3-2-8(9-12)11-14/h2-4,14H,5H2,1H3,(H,9,11). The van der Waals surface area contributed by atoms with Crippen LogP contribution in [0.4, 0.5) is 5.82 Å². The second kappa shape index (κ2) is 3.75. The molecule has 0 aliphatic carbocycles. The average molecular weight is 210 g/mol. The van der Waals surface area contributed by atoms with E-state index in [1.165, 1.54) is 0 Å². The van der Waals surface area contributed by atoms with Crippen LogP contribution in [0, 0.1) is 6.92 Å². The van der Waals surface area contributed by atoms with Crippen molar-refractivity contribution < 1.29 is 4.52 Å². The maximum Gasteiger partial charge on any atom is 0.157 e. The van der Waals surface area contributed by atoms with Gasteiger partial charge < -0.3 is 9.25 Å². The van der Waals surface area contributed by atoms with E-state index in [4.69, 9.17) is 4.52 Å². The van der Waals surface area contributed by atoms with E-state index in [1.807, 2.05) is 25.3 Å². The first-order valence-corrected chi connectivity index (χ1v) is 4.58. The van der Waals surface area contributed by atoms with E-state index in [2.05, 4.69) is 27.8 Å². The molecule has 0 amide bonds. The molecule has 0 aliphatic heterocycles. The van der Waals surface area contributed by atoms with E-state index in [-0.39, 0.29) is 0 Å². The van der Waals surface area contributed by atoms with E-state index in [0.717, 1.165) is 11.5 Å². The fourth-order valence-electron chi connectivity index (χ4n) is 1.17. The molecule has 2 rings (SSSR count). The summed E-state index contributed by atoms with van der Waals surface area (Å²) in [6.07, 6.45) is 1.85. The van der Waals surface area contributed by atoms with Gasteiger partial charge in [0, 0.05) is 18.3 Å². The summed E-state index contributed by atoms with van der Waals surface area (Å²) in [5.41, 5.74) is 0.858. The van der Waals surface area contributed by atoms with E-state index in [9.17, 15) is 0 Å². The van der Waals surface area contributed by atoms with Crippen LogP contribution in [-0.4, -0.2) is 14.9 Å². The van der Waals surface area contributed by atoms with E-state index in [0.29, 0.717) is 12.4 Å². The van der Waals surface area contributed by atoms with E-state index in [1.54, 1.807) is 4.68 Å². The van der Waals surface area contributed by atoms with Gasteiger partial charge in [-0.05, 0) is 6.92 Å². The Morgan fingerprint density at radius 2 is 2.50 bits per heavy atom. The Kier molecular flexibility index (Phi) is 2.45. The molecular formula is C8H10N4OS. The number of hydrogen-bond acceptors (Lipinski definition) is 5. The maximum atomic E-state index is 4.95. The zero-order valence-electron chi connectivity index (χ0n) is 7.64. The number of thiol groups is 1. The number of anilines is 1. The number of rotatable bonds is 3. The van der Waals surface area contributed by atoms with Crippen LogP contribution in [0.1, 0.15) is 11.5 Å². The van der Waals surface area contributed by atoms with Crippen LogP contribution in [0.3, 0.4) is 0 Å². The third kappa shape index (κ3) is 1.90. The number of hydrogen-bond donors (Lipinski definition) is 2. The highest BCUT2D eigenvalue weighted by atomic mass is 32.1. The molecule has 2 heterocycles. The Hall–Kier alpha value is -1.43. The highest BCUT2D eigenvalue weighted by Gasteiger charge is 2.02. The normalized spacial score (nSPS) is 10.4. The predicted octanol–water partition coefficient (Wildman–Crippen LogP) is 1.48. The summed E-state index contributed by atoms with van der Waals surface area (Å²) in [4.78, 5) is 0. The molecule has 6 heteroatoms. The van der Waals surface area contributed by atoms with Crippen LogP contribution in [0.15, 0.2) is 22.9 Å². The maximum absolute atomic E-state index is 4.95. The lowest BCUT2D eigenvalue weighted by Gasteiger charge is -1.95. The van der Waals surface area contributed by atoms with Gasteiger partial charge in [0.15, 0.2) is 5.82 Å². The molecule has 0 saturated carbocycles. The fourth-order valence-corrected chi connectivity index (χ4v) is 1.29. The van der Waals surface area contributed by atoms with Crippen molar-refractivity contribution in [2.24, 2.45) is 0 Å². The van der Waals surface area contributed by atoms with Crippen molar-refractivity contribution in [2.75, 3.05) is 4.72 Å². The third-order valence-electron chi connectivity index (χ3n) is 1.76. The minimum Gasteiger partial charge on any atom is -0.361 e. The molecule has 1 N–H and O–H groups in total. The molecule has 0 saturated heterocycles. The van der Waals surface area contributed by atoms with Gasteiger partial charge in [-0.1, -0.05) is 18.0 Å². The lowest BCUT2D eigenvalue weighted by Crippen LogP contribution is -2.00. The summed E-state index contributed by atoms with van der Waals surface area (Å²) in [6, 6.07) is 3.72. The minimum absolute atomic E-state index is 0.604. The SMILES string of the molecule is Cc1cc(Cn2ccc(NS)n2)no1. The van der Waals surface area contributed by atoms with Crippen molar-refractivity contribution in [3.8, 4) is 0 Å². The Bertz CT molecular complexity index is 422. The van der Waals surface area contributed by atoms with Crippen molar-refractivity contribution in [1.29, 1.82) is 0 Å². The van der Waals surface area contributed by atoms with Crippen LogP contribution in [-0.2, 0) is 6.54 Å². The topological polar surface area (TPSA) is 55.9 Å². The molecule has 0 spiro atoms. The zero-order chi connectivity index (χ0) is 9.97. The molecular weight excluding hydrogens is 200 g/mol. The van der Waals surface area contributed by atoms with Gasteiger partial charge in [-0.2, -0.15) is 5.10 Å². The number of nitrogens with one attached hydrogen (secondary N) is 1. The number of nitrogens with zero attached hydrogens (tertiary/aromatic N) is 3. The predicted molar refractivity (Wildman–Crippen MR) is 55.2 cm³/mol. The molecule has 0 atom stereocenters. The Morgan fingerprint density at radius 1 is 1.64 bits per heavy atom. The van der Waals surface area contributed by atoms with Crippen LogP contribution in [0.5, 0.6) is 0 Å². The quantitative estimate of drug-likeness (QED) is 0.753. The van der Waals surface area contributed by atoms with Gasteiger partial charge in [0.2, 0.25) is 0 Å². The minimum atomic E-state index is 0.604. The van der Waals surface area contributed by atoms with Gasteiger partial charge in [-0.25, -0.2) is 0 Å². The van der Waals surface area contributed by atoms with Gasteiger partial charge in [0.05, 0.1) is 6.54 Å². The lowest BCUT2D eigenvalue weighted by atomic mass is 10.4. The second-order valence-corrected chi connectivity index (χ2v) is 3.16. The Labute approximate surface area is 86.6 Å². The van der Waals surface area contributed by atoms with Crippen LogP contribution >= 0.6 is 12.8 Å². The summed E-state index contributed by atoms with van der Waals surface area (Å²) in [7, 11) is 0. The van der Waals surface area contributed by atoms with Crippen molar-refractivity contribution in [3.05, 3.63) is 29.8 Å². The van der Waals surface area contributed by atoms with Crippen LogP contribution in [0.25, 0.3) is 0 Å². The number of aryl methyl sites for hydroxylation is 1. The van der Waals surface area contributed by atoms with Gasteiger partial charge in [0.25, 0.3) is 0 Å². The summed E-state index contributed by atoms with van der Waals surface area (Å²) < 4.78 is 9.36. The first-order chi connectivity index (χ1) is 6.78. The first kappa shape index (κ1) is 9.14. The molecule has 0 bridgehead atoms. The third-order valence-corrected chi connectivity index (χ3v) is 1.99. The molecule has 5 nitrogen and oxygen atoms in total. The summed E-state index contributed by atoms with van der Waals surface area (Å²) >= 11 is 3.89. The molecule has 0 aromatic carbocycles. The summed E-state index contributed by atoms with van der Waals surface area (Å²) in [6.45, 7) is 2.47. The van der Waals surface area contributed by atoms with Crippen molar-refractivity contribution in [2.45, 2.75) is 13.5 Å². The second-order valence-electron chi connectivity index (χ2n) is 2.94. The van der Waals surface area contributed by atoms with Crippen LogP contribution in [0.2, 0.25) is 0 Å². The molecule has 2 aromatic rings. The van der Waals surface area contributed by atoms with Gasteiger partial charge in [-0.15, -0.1) is 0 Å². The lowest BCUT2D eigenvalue weighted by molar-refractivity contribution is 0.388. The smallest absolute Gasteiger partial charge is 0.157 e. The Balaban J connectivity index is 2.10. The van der Waals surface area contributed by atoms with Crippen molar-refractivity contribution >= 4 is 18.6 Å². The summed E-state index contributed by atoms with van der Waals surface area (Å²) in [5.74, 6) is 1.52. The number of aromatic nitrogens is 3. The fraction of sp³-hybridized carbons (Fsp3) is 0.250. The zero-order valence-corrected chi connectivity index (χ0v) is 8.53. The molecule has 0 radical (unpaired) electrons. The molecule has 2 aromatic heterocycles.